The summed E-state index contributed by atoms with van der Waals surface area (Å²) in [7, 11) is -4.14. The highest BCUT2D eigenvalue weighted by Crippen LogP contribution is 2.22. The molecule has 3 rings (SSSR count). The van der Waals surface area contributed by atoms with Gasteiger partial charge in [0.2, 0.25) is 10.0 Å². The van der Waals surface area contributed by atoms with E-state index < -0.39 is 34.5 Å². The number of hydrogen-bond donors (Lipinski definition) is 5. The van der Waals surface area contributed by atoms with Gasteiger partial charge in [0.1, 0.15) is 17.9 Å². The maximum atomic E-state index is 12.9. The molecule has 0 radical (unpaired) electrons. The van der Waals surface area contributed by atoms with Crippen LogP contribution in [0.2, 0.25) is 0 Å². The molecule has 1 aromatic heterocycles. The summed E-state index contributed by atoms with van der Waals surface area (Å²) < 4.78 is 27.9. The first-order valence-electron chi connectivity index (χ1n) is 10.6. The highest BCUT2D eigenvalue weighted by molar-refractivity contribution is 7.89. The van der Waals surface area contributed by atoms with Gasteiger partial charge in [-0.05, 0) is 31.9 Å². The van der Waals surface area contributed by atoms with Crippen molar-refractivity contribution in [1.29, 1.82) is 0 Å². The number of aliphatic carboxylic acids is 1. The number of carboxylic acid groups (broad SMARTS) is 1. The average molecular weight is 493 g/mol. The van der Waals surface area contributed by atoms with E-state index in [9.17, 15) is 23.1 Å². The van der Waals surface area contributed by atoms with Crippen LogP contribution < -0.4 is 15.4 Å². The number of anilines is 1. The molecule has 0 aliphatic carbocycles. The Kier molecular flexibility index (Phi) is 7.89. The van der Waals surface area contributed by atoms with E-state index in [1.807, 2.05) is 6.92 Å². The standard InChI is InChI=1S/C21H28N6O6S/c1-12-8-13(2)18(14(3)9-12)34(31,32)27-17(20(29)30)11-25-19(28)16-10-15(33-26-16)4-5-22-21-23-6-7-24-21/h6-9,15,17,27H,4-5,10-11H2,1-3H3,(H,25,28)(H,29,30)(H2,22,23,24). The van der Waals surface area contributed by atoms with Crippen molar-refractivity contribution in [3.05, 3.63) is 41.2 Å². The van der Waals surface area contributed by atoms with Crippen LogP contribution in [0.4, 0.5) is 5.95 Å². The van der Waals surface area contributed by atoms with E-state index in [0.29, 0.717) is 30.0 Å². The predicted molar refractivity (Wildman–Crippen MR) is 124 cm³/mol. The molecule has 12 nitrogen and oxygen atoms in total. The summed E-state index contributed by atoms with van der Waals surface area (Å²) in [5.41, 5.74) is 2.01. The summed E-state index contributed by atoms with van der Waals surface area (Å²) in [4.78, 5) is 36.4. The summed E-state index contributed by atoms with van der Waals surface area (Å²) in [5.74, 6) is -1.41. The SMILES string of the molecule is Cc1cc(C)c(S(=O)(=O)NC(CNC(=O)C2=NOC(CCNc3ncc[nH]3)C2)C(=O)O)c(C)c1. The van der Waals surface area contributed by atoms with E-state index in [1.165, 1.54) is 0 Å². The number of oxime groups is 1. The zero-order chi connectivity index (χ0) is 24.9. The first-order chi connectivity index (χ1) is 16.1. The fraction of sp³-hybridized carbons (Fsp3) is 0.429. The Morgan fingerprint density at radius 1 is 1.26 bits per heavy atom. The van der Waals surface area contributed by atoms with E-state index in [0.717, 1.165) is 5.56 Å². The van der Waals surface area contributed by atoms with Gasteiger partial charge in [0.05, 0.1) is 4.90 Å². The van der Waals surface area contributed by atoms with Crippen molar-refractivity contribution in [3.8, 4) is 0 Å². The molecule has 34 heavy (non-hydrogen) atoms. The number of H-pyrrole nitrogens is 1. The number of rotatable bonds is 11. The summed E-state index contributed by atoms with van der Waals surface area (Å²) in [6.45, 7) is 5.22. The van der Waals surface area contributed by atoms with Crippen molar-refractivity contribution in [1.82, 2.24) is 20.0 Å². The Labute approximate surface area is 197 Å². The molecule has 5 N–H and O–H groups in total. The molecular formula is C21H28N6O6S. The molecule has 1 aromatic carbocycles. The molecular weight excluding hydrogens is 464 g/mol. The van der Waals surface area contributed by atoms with Crippen molar-refractivity contribution >= 4 is 33.6 Å². The van der Waals surface area contributed by atoms with Gasteiger partial charge in [-0.3, -0.25) is 9.59 Å². The number of amides is 1. The lowest BCUT2D eigenvalue weighted by Crippen LogP contribution is -2.49. The van der Waals surface area contributed by atoms with Gasteiger partial charge in [0.15, 0.2) is 5.95 Å². The third kappa shape index (κ3) is 6.32. The lowest BCUT2D eigenvalue weighted by atomic mass is 10.1. The van der Waals surface area contributed by atoms with Crippen LogP contribution in [0.25, 0.3) is 0 Å². The number of imidazole rings is 1. The molecule has 2 unspecified atom stereocenters. The molecule has 2 heterocycles. The Bertz CT molecular complexity index is 1160. The van der Waals surface area contributed by atoms with E-state index in [2.05, 4.69) is 30.5 Å². The minimum absolute atomic E-state index is 0.0234. The summed E-state index contributed by atoms with van der Waals surface area (Å²) >= 11 is 0. The number of carbonyl (C=O) groups excluding carboxylic acids is 1. The molecule has 0 spiro atoms. The third-order valence-electron chi connectivity index (χ3n) is 5.19. The maximum absolute atomic E-state index is 12.9. The smallest absolute Gasteiger partial charge is 0.323 e. The van der Waals surface area contributed by atoms with Gasteiger partial charge in [-0.1, -0.05) is 22.9 Å². The van der Waals surface area contributed by atoms with Crippen molar-refractivity contribution in [2.24, 2.45) is 5.16 Å². The largest absolute Gasteiger partial charge is 0.480 e. The quantitative estimate of drug-likeness (QED) is 0.306. The fourth-order valence-corrected chi connectivity index (χ4v) is 5.39. The highest BCUT2D eigenvalue weighted by Gasteiger charge is 2.30. The van der Waals surface area contributed by atoms with Crippen LogP contribution in [0.1, 0.15) is 29.5 Å². The fourth-order valence-electron chi connectivity index (χ4n) is 3.74. The molecule has 2 aromatic rings. The number of aryl methyl sites for hydroxylation is 3. The number of aromatic nitrogens is 2. The van der Waals surface area contributed by atoms with Crippen molar-refractivity contribution in [2.75, 3.05) is 18.4 Å². The van der Waals surface area contributed by atoms with Crippen LogP contribution in [-0.4, -0.2) is 66.3 Å². The second kappa shape index (κ2) is 10.7. The molecule has 13 heteroatoms. The van der Waals surface area contributed by atoms with Gasteiger partial charge in [-0.25, -0.2) is 13.4 Å². The number of carboxylic acids is 1. The number of benzene rings is 1. The van der Waals surface area contributed by atoms with Crippen LogP contribution in [0, 0.1) is 20.8 Å². The van der Waals surface area contributed by atoms with Crippen LogP contribution >= 0.6 is 0 Å². The summed E-state index contributed by atoms with van der Waals surface area (Å²) in [5, 5.41) is 18.8. The monoisotopic (exact) mass is 492 g/mol. The molecule has 0 fully saturated rings. The molecule has 1 aliphatic rings. The number of nitrogens with zero attached hydrogens (tertiary/aromatic N) is 2. The van der Waals surface area contributed by atoms with Gasteiger partial charge >= 0.3 is 5.97 Å². The van der Waals surface area contributed by atoms with Crippen LogP contribution in [0.15, 0.2) is 34.6 Å². The van der Waals surface area contributed by atoms with Gasteiger partial charge in [-0.2, -0.15) is 4.72 Å². The number of aromatic amines is 1. The Balaban J connectivity index is 1.53. The van der Waals surface area contributed by atoms with Gasteiger partial charge in [0.25, 0.3) is 5.91 Å². The van der Waals surface area contributed by atoms with Crippen LogP contribution in [0.5, 0.6) is 0 Å². The van der Waals surface area contributed by atoms with E-state index in [4.69, 9.17) is 4.84 Å². The van der Waals surface area contributed by atoms with Gasteiger partial charge in [0, 0.05) is 38.3 Å². The molecule has 0 saturated heterocycles. The topological polar surface area (TPSA) is 175 Å². The third-order valence-corrected chi connectivity index (χ3v) is 6.96. The minimum Gasteiger partial charge on any atom is -0.480 e. The van der Waals surface area contributed by atoms with Crippen LogP contribution in [-0.2, 0) is 24.4 Å². The first kappa shape index (κ1) is 25.2. The average Bonchev–Trinajstić information content (AvgIpc) is 3.42. The van der Waals surface area contributed by atoms with Gasteiger partial charge < -0.3 is 25.6 Å². The van der Waals surface area contributed by atoms with Crippen LogP contribution in [0.3, 0.4) is 0 Å². The number of sulfonamides is 1. The van der Waals surface area contributed by atoms with E-state index in [-0.39, 0.29) is 23.1 Å². The second-order valence-electron chi connectivity index (χ2n) is 8.07. The van der Waals surface area contributed by atoms with Gasteiger partial charge in [-0.15, -0.1) is 0 Å². The molecule has 0 bridgehead atoms. The molecule has 184 valence electrons. The maximum Gasteiger partial charge on any atom is 0.323 e. The van der Waals surface area contributed by atoms with Crippen molar-refractivity contribution in [2.45, 2.75) is 50.7 Å². The lowest BCUT2D eigenvalue weighted by molar-refractivity contribution is -0.138. The Morgan fingerprint density at radius 3 is 2.59 bits per heavy atom. The normalized spacial score (nSPS) is 16.4. The minimum atomic E-state index is -4.14. The Morgan fingerprint density at radius 2 is 1.97 bits per heavy atom. The molecule has 1 aliphatic heterocycles. The molecule has 2 atom stereocenters. The molecule has 0 saturated carbocycles. The zero-order valence-electron chi connectivity index (χ0n) is 19.1. The number of nitrogens with one attached hydrogen (secondary N) is 4. The zero-order valence-corrected chi connectivity index (χ0v) is 19.9. The summed E-state index contributed by atoms with van der Waals surface area (Å²) in [6.07, 6.45) is 3.80. The summed E-state index contributed by atoms with van der Waals surface area (Å²) in [6, 6.07) is 1.85. The van der Waals surface area contributed by atoms with Crippen molar-refractivity contribution < 1.29 is 28.0 Å². The lowest BCUT2D eigenvalue weighted by Gasteiger charge is -2.18. The predicted octanol–water partition coefficient (Wildman–Crippen LogP) is 0.830. The first-order valence-corrected chi connectivity index (χ1v) is 12.1. The van der Waals surface area contributed by atoms with E-state index >= 15 is 0 Å². The van der Waals surface area contributed by atoms with E-state index in [1.54, 1.807) is 38.4 Å². The Hall–Kier alpha value is -3.45. The molecule has 1 amide bonds. The number of carbonyl (C=O) groups is 2. The number of hydrogen-bond acceptors (Lipinski definition) is 8. The van der Waals surface area contributed by atoms with Crippen molar-refractivity contribution in [3.63, 3.8) is 0 Å². The highest BCUT2D eigenvalue weighted by atomic mass is 32.2. The second-order valence-corrected chi connectivity index (χ2v) is 9.72.